The number of esters is 1. The molecule has 0 saturated heterocycles. The number of carbonyl (C=O) groups is 1. The lowest BCUT2D eigenvalue weighted by Gasteiger charge is -2.12. The minimum Gasteiger partial charge on any atom is -0.494 e. The summed E-state index contributed by atoms with van der Waals surface area (Å²) in [7, 11) is 1.52. The summed E-state index contributed by atoms with van der Waals surface area (Å²) in [5, 5.41) is 0. The Kier molecular flexibility index (Phi) is 3.39. The molecule has 16 heavy (non-hydrogen) atoms. The van der Waals surface area contributed by atoms with E-state index in [1.807, 2.05) is 0 Å². The molecule has 1 aliphatic carbocycles. The van der Waals surface area contributed by atoms with Gasteiger partial charge in [-0.2, -0.15) is 0 Å². The Hall–Kier alpha value is -1.58. The Bertz CT molecular complexity index is 372. The van der Waals surface area contributed by atoms with Crippen LogP contribution in [0.4, 0.5) is 0 Å². The minimum atomic E-state index is -0.385. The van der Waals surface area contributed by atoms with Crippen molar-refractivity contribution in [2.75, 3.05) is 7.11 Å². The van der Waals surface area contributed by atoms with Crippen molar-refractivity contribution in [1.82, 2.24) is 4.98 Å². The van der Waals surface area contributed by atoms with Crippen LogP contribution in [0.2, 0.25) is 0 Å². The van der Waals surface area contributed by atoms with Crippen LogP contribution in [0, 0.1) is 0 Å². The van der Waals surface area contributed by atoms with Gasteiger partial charge < -0.3 is 9.47 Å². The van der Waals surface area contributed by atoms with Gasteiger partial charge in [0, 0.05) is 6.20 Å². The smallest absolute Gasteiger partial charge is 0.361 e. The number of rotatable bonds is 3. The lowest BCUT2D eigenvalue weighted by atomic mass is 10.3. The van der Waals surface area contributed by atoms with Crippen LogP contribution >= 0.6 is 0 Å². The van der Waals surface area contributed by atoms with Crippen molar-refractivity contribution >= 4 is 5.97 Å². The molecule has 0 atom stereocenters. The quantitative estimate of drug-likeness (QED) is 0.734. The summed E-state index contributed by atoms with van der Waals surface area (Å²) in [6, 6.07) is 3.43. The molecule has 0 unspecified atom stereocenters. The van der Waals surface area contributed by atoms with E-state index in [0.29, 0.717) is 5.75 Å². The van der Waals surface area contributed by atoms with Crippen LogP contribution < -0.4 is 4.74 Å². The number of nitrogens with zero attached hydrogens (tertiary/aromatic N) is 1. The molecule has 1 fully saturated rings. The first-order chi connectivity index (χ1) is 7.81. The van der Waals surface area contributed by atoms with E-state index in [1.54, 1.807) is 18.3 Å². The fraction of sp³-hybridized carbons (Fsp3) is 0.500. The summed E-state index contributed by atoms with van der Waals surface area (Å²) in [4.78, 5) is 15.8. The third kappa shape index (κ3) is 2.32. The molecule has 0 aromatic carbocycles. The van der Waals surface area contributed by atoms with Crippen LogP contribution in [0.1, 0.15) is 36.2 Å². The molecule has 2 rings (SSSR count). The van der Waals surface area contributed by atoms with Gasteiger partial charge in [-0.15, -0.1) is 0 Å². The molecule has 0 spiro atoms. The van der Waals surface area contributed by atoms with Crippen LogP contribution in [-0.4, -0.2) is 24.2 Å². The molecule has 0 N–H and O–H groups in total. The highest BCUT2D eigenvalue weighted by Crippen LogP contribution is 2.23. The predicted octanol–water partition coefficient (Wildman–Crippen LogP) is 2.19. The zero-order valence-corrected chi connectivity index (χ0v) is 9.31. The molecule has 0 aliphatic heterocycles. The van der Waals surface area contributed by atoms with Crippen molar-refractivity contribution in [2.45, 2.75) is 31.8 Å². The largest absolute Gasteiger partial charge is 0.494 e. The summed E-state index contributed by atoms with van der Waals surface area (Å²) in [6.45, 7) is 0. The first kappa shape index (κ1) is 10.9. The van der Waals surface area contributed by atoms with Crippen molar-refractivity contribution in [1.29, 1.82) is 0 Å². The summed E-state index contributed by atoms with van der Waals surface area (Å²) in [6.07, 6.45) is 5.81. The van der Waals surface area contributed by atoms with E-state index < -0.39 is 0 Å². The topological polar surface area (TPSA) is 48.4 Å². The number of hydrogen-bond acceptors (Lipinski definition) is 4. The van der Waals surface area contributed by atoms with Gasteiger partial charge in [-0.1, -0.05) is 0 Å². The Balaban J connectivity index is 2.07. The number of ether oxygens (including phenoxy) is 2. The van der Waals surface area contributed by atoms with Gasteiger partial charge in [-0.3, -0.25) is 0 Å². The zero-order chi connectivity index (χ0) is 11.4. The third-order valence-electron chi connectivity index (χ3n) is 2.76. The van der Waals surface area contributed by atoms with Crippen LogP contribution in [0.15, 0.2) is 18.3 Å². The molecule has 1 aromatic heterocycles. The van der Waals surface area contributed by atoms with Crippen molar-refractivity contribution in [3.8, 4) is 5.75 Å². The predicted molar refractivity (Wildman–Crippen MR) is 58.5 cm³/mol. The Morgan fingerprint density at radius 2 is 2.19 bits per heavy atom. The number of carbonyl (C=O) groups excluding carboxylic acids is 1. The van der Waals surface area contributed by atoms with Crippen LogP contribution in [0.3, 0.4) is 0 Å². The van der Waals surface area contributed by atoms with Crippen LogP contribution in [-0.2, 0) is 4.74 Å². The number of aromatic nitrogens is 1. The van der Waals surface area contributed by atoms with Gasteiger partial charge >= 0.3 is 5.97 Å². The number of pyridine rings is 1. The van der Waals surface area contributed by atoms with Gasteiger partial charge in [0.25, 0.3) is 0 Å². The molecular weight excluding hydrogens is 206 g/mol. The van der Waals surface area contributed by atoms with Gasteiger partial charge in [-0.05, 0) is 37.8 Å². The SMILES string of the molecule is COc1cccnc1C(=O)OC1CCCC1. The van der Waals surface area contributed by atoms with Gasteiger partial charge in [0.2, 0.25) is 0 Å². The average molecular weight is 221 g/mol. The van der Waals surface area contributed by atoms with E-state index in [-0.39, 0.29) is 17.8 Å². The molecule has 0 radical (unpaired) electrons. The van der Waals surface area contributed by atoms with Crippen molar-refractivity contribution in [2.24, 2.45) is 0 Å². The maximum atomic E-state index is 11.8. The first-order valence-electron chi connectivity index (χ1n) is 5.51. The molecule has 1 heterocycles. The molecule has 0 amide bonds. The minimum absolute atomic E-state index is 0.0548. The summed E-state index contributed by atoms with van der Waals surface area (Å²) in [5.41, 5.74) is 0.261. The standard InChI is InChI=1S/C12H15NO3/c1-15-10-7-4-8-13-11(10)12(14)16-9-5-2-3-6-9/h4,7-9H,2-3,5-6H2,1H3. The van der Waals surface area contributed by atoms with E-state index in [0.717, 1.165) is 25.7 Å². The van der Waals surface area contributed by atoms with E-state index in [2.05, 4.69) is 4.98 Å². The summed E-state index contributed by atoms with van der Waals surface area (Å²) in [5.74, 6) is 0.0786. The molecule has 0 bridgehead atoms. The number of methoxy groups -OCH3 is 1. The third-order valence-corrected chi connectivity index (χ3v) is 2.76. The Labute approximate surface area is 94.6 Å². The highest BCUT2D eigenvalue weighted by Gasteiger charge is 2.22. The Morgan fingerprint density at radius 1 is 1.44 bits per heavy atom. The normalized spacial score (nSPS) is 16.1. The molecule has 4 nitrogen and oxygen atoms in total. The van der Waals surface area contributed by atoms with Crippen molar-refractivity contribution in [3.63, 3.8) is 0 Å². The molecule has 1 saturated carbocycles. The van der Waals surface area contributed by atoms with Crippen molar-refractivity contribution in [3.05, 3.63) is 24.0 Å². The molecule has 86 valence electrons. The highest BCUT2D eigenvalue weighted by atomic mass is 16.5. The summed E-state index contributed by atoms with van der Waals surface area (Å²) >= 11 is 0. The van der Waals surface area contributed by atoms with Gasteiger partial charge in [0.1, 0.15) is 6.10 Å². The maximum absolute atomic E-state index is 11.8. The highest BCUT2D eigenvalue weighted by molar-refractivity contribution is 5.90. The van der Waals surface area contributed by atoms with Gasteiger partial charge in [0.15, 0.2) is 11.4 Å². The van der Waals surface area contributed by atoms with Gasteiger partial charge in [0.05, 0.1) is 7.11 Å². The second-order valence-corrected chi connectivity index (χ2v) is 3.87. The number of hydrogen-bond donors (Lipinski definition) is 0. The van der Waals surface area contributed by atoms with E-state index >= 15 is 0 Å². The lowest BCUT2D eigenvalue weighted by Crippen LogP contribution is -2.16. The van der Waals surface area contributed by atoms with Crippen LogP contribution in [0.25, 0.3) is 0 Å². The van der Waals surface area contributed by atoms with Gasteiger partial charge in [-0.25, -0.2) is 9.78 Å². The van der Waals surface area contributed by atoms with E-state index in [4.69, 9.17) is 9.47 Å². The zero-order valence-electron chi connectivity index (χ0n) is 9.31. The summed E-state index contributed by atoms with van der Waals surface area (Å²) < 4.78 is 10.4. The molecule has 1 aromatic rings. The molecule has 4 heteroatoms. The first-order valence-corrected chi connectivity index (χ1v) is 5.51. The fourth-order valence-electron chi connectivity index (χ4n) is 1.92. The van der Waals surface area contributed by atoms with Crippen LogP contribution in [0.5, 0.6) is 5.75 Å². The maximum Gasteiger partial charge on any atom is 0.361 e. The second kappa shape index (κ2) is 4.96. The second-order valence-electron chi connectivity index (χ2n) is 3.87. The Morgan fingerprint density at radius 3 is 2.88 bits per heavy atom. The average Bonchev–Trinajstić information content (AvgIpc) is 2.81. The molecule has 1 aliphatic rings. The van der Waals surface area contributed by atoms with E-state index in [1.165, 1.54) is 7.11 Å². The fourth-order valence-corrected chi connectivity index (χ4v) is 1.92. The lowest BCUT2D eigenvalue weighted by molar-refractivity contribution is 0.0307. The monoisotopic (exact) mass is 221 g/mol. The van der Waals surface area contributed by atoms with E-state index in [9.17, 15) is 4.79 Å². The molecular formula is C12H15NO3. The van der Waals surface area contributed by atoms with Crippen molar-refractivity contribution < 1.29 is 14.3 Å².